The molecule has 1 heterocycles. The number of ether oxygens (including phenoxy) is 1. The summed E-state index contributed by atoms with van der Waals surface area (Å²) in [6.45, 7) is 7.99. The van der Waals surface area contributed by atoms with Gasteiger partial charge in [0.1, 0.15) is 0 Å². The number of carbonyl (C=O) groups excluding carboxylic acids is 1. The normalized spacial score (nSPS) is 15.1. The van der Waals surface area contributed by atoms with E-state index in [-0.39, 0.29) is 23.7 Å². The molecule has 1 N–H and O–H groups in total. The summed E-state index contributed by atoms with van der Waals surface area (Å²) in [5, 5.41) is 14.9. The molecule has 1 rings (SSSR count). The molecule has 0 fully saturated rings. The smallest absolute Gasteiger partial charge is 0.305 e. The van der Waals surface area contributed by atoms with Gasteiger partial charge in [0.25, 0.3) is 0 Å². The second kappa shape index (κ2) is 5.74. The van der Waals surface area contributed by atoms with Crippen molar-refractivity contribution in [1.29, 1.82) is 0 Å². The van der Waals surface area contributed by atoms with Gasteiger partial charge < -0.3 is 9.84 Å². The number of carbonyl (C=O) groups is 1. The Balaban J connectivity index is 2.99. The number of hydrogen-bond donors (Lipinski definition) is 1. The van der Waals surface area contributed by atoms with Crippen LogP contribution in [0, 0.1) is 5.92 Å². The van der Waals surface area contributed by atoms with E-state index in [2.05, 4.69) is 30.6 Å². The molecule has 19 heavy (non-hydrogen) atoms. The Morgan fingerprint density at radius 2 is 2.11 bits per heavy atom. The quantitative estimate of drug-likeness (QED) is 0.848. The van der Waals surface area contributed by atoms with Gasteiger partial charge in [-0.3, -0.25) is 9.48 Å². The summed E-state index contributed by atoms with van der Waals surface area (Å²) < 4.78 is 6.34. The fraction of sp³-hybridized carbons (Fsp3) is 0.714. The van der Waals surface area contributed by atoms with Gasteiger partial charge in [-0.15, -0.1) is 0 Å². The van der Waals surface area contributed by atoms with E-state index >= 15 is 0 Å². The number of aliphatic hydroxyl groups is 1. The molecule has 2 unspecified atom stereocenters. The number of hydrogen-bond acceptors (Lipinski definition) is 4. The standard InChI is InChI=1S/C14H24N2O3/c1-9(7-11(17)19-6)12(18)10-8-16(5)15-13(10)14(2,3)4/h8-9,12,18H,7H2,1-6H3. The van der Waals surface area contributed by atoms with Gasteiger partial charge in [-0.1, -0.05) is 27.7 Å². The molecule has 0 aliphatic carbocycles. The maximum Gasteiger partial charge on any atom is 0.305 e. The summed E-state index contributed by atoms with van der Waals surface area (Å²) in [4.78, 5) is 11.3. The van der Waals surface area contributed by atoms with Crippen LogP contribution >= 0.6 is 0 Å². The minimum absolute atomic E-state index is 0.150. The molecule has 0 aliphatic rings. The van der Waals surface area contributed by atoms with Crippen molar-refractivity contribution in [3.05, 3.63) is 17.5 Å². The summed E-state index contributed by atoms with van der Waals surface area (Å²) in [7, 11) is 3.18. The van der Waals surface area contributed by atoms with Crippen molar-refractivity contribution >= 4 is 5.97 Å². The predicted octanol–water partition coefficient (Wildman–Crippen LogP) is 1.95. The summed E-state index contributed by atoms with van der Waals surface area (Å²) in [6.07, 6.45) is 1.29. The van der Waals surface area contributed by atoms with Crippen molar-refractivity contribution in [3.63, 3.8) is 0 Å². The average Bonchev–Trinajstić information content (AvgIpc) is 2.69. The van der Waals surface area contributed by atoms with Gasteiger partial charge in [0.15, 0.2) is 0 Å². The van der Waals surface area contributed by atoms with Crippen LogP contribution in [0.1, 0.15) is 51.5 Å². The first-order valence-electron chi connectivity index (χ1n) is 6.45. The van der Waals surface area contributed by atoms with Crippen molar-refractivity contribution in [2.45, 2.75) is 45.6 Å². The van der Waals surface area contributed by atoms with E-state index in [1.165, 1.54) is 7.11 Å². The van der Waals surface area contributed by atoms with E-state index in [1.54, 1.807) is 4.68 Å². The molecule has 5 heteroatoms. The highest BCUT2D eigenvalue weighted by Gasteiger charge is 2.29. The van der Waals surface area contributed by atoms with Crippen molar-refractivity contribution < 1.29 is 14.6 Å². The molecule has 0 saturated carbocycles. The third-order valence-corrected chi connectivity index (χ3v) is 3.14. The number of nitrogens with zero attached hydrogens (tertiary/aromatic N) is 2. The van der Waals surface area contributed by atoms with E-state index in [0.717, 1.165) is 11.3 Å². The van der Waals surface area contributed by atoms with E-state index < -0.39 is 6.10 Å². The molecular formula is C14H24N2O3. The third kappa shape index (κ3) is 3.80. The molecule has 0 spiro atoms. The lowest BCUT2D eigenvalue weighted by Crippen LogP contribution is -2.20. The molecule has 2 atom stereocenters. The highest BCUT2D eigenvalue weighted by molar-refractivity contribution is 5.69. The SMILES string of the molecule is COC(=O)CC(C)C(O)c1cn(C)nc1C(C)(C)C. The molecule has 0 bridgehead atoms. The highest BCUT2D eigenvalue weighted by Crippen LogP contribution is 2.32. The Kier molecular flexibility index (Phi) is 4.74. The van der Waals surface area contributed by atoms with Crippen LogP contribution in [-0.4, -0.2) is 28.0 Å². The topological polar surface area (TPSA) is 64.3 Å². The third-order valence-electron chi connectivity index (χ3n) is 3.14. The Bertz CT molecular complexity index is 446. The molecule has 0 amide bonds. The van der Waals surface area contributed by atoms with Gasteiger partial charge in [0.05, 0.1) is 25.3 Å². The zero-order valence-corrected chi connectivity index (χ0v) is 12.6. The summed E-state index contributed by atoms with van der Waals surface area (Å²) in [5.74, 6) is -0.523. The monoisotopic (exact) mass is 268 g/mol. The Hall–Kier alpha value is -1.36. The van der Waals surface area contributed by atoms with Gasteiger partial charge in [0.2, 0.25) is 0 Å². The predicted molar refractivity (Wildman–Crippen MR) is 72.7 cm³/mol. The summed E-state index contributed by atoms with van der Waals surface area (Å²) in [5.41, 5.74) is 1.49. The van der Waals surface area contributed by atoms with Crippen LogP contribution in [0.2, 0.25) is 0 Å². The molecule has 5 nitrogen and oxygen atoms in total. The first-order valence-corrected chi connectivity index (χ1v) is 6.45. The van der Waals surface area contributed by atoms with Gasteiger partial charge in [0, 0.05) is 24.2 Å². The molecule has 0 radical (unpaired) electrons. The van der Waals surface area contributed by atoms with Gasteiger partial charge in [-0.05, 0) is 5.92 Å². The largest absolute Gasteiger partial charge is 0.469 e. The molecule has 0 aliphatic heterocycles. The van der Waals surface area contributed by atoms with E-state index in [4.69, 9.17) is 0 Å². The molecule has 0 saturated heterocycles. The first kappa shape index (κ1) is 15.7. The lowest BCUT2D eigenvalue weighted by Gasteiger charge is -2.22. The summed E-state index contributed by atoms with van der Waals surface area (Å²) >= 11 is 0. The molecule has 0 aromatic carbocycles. The average molecular weight is 268 g/mol. The fourth-order valence-electron chi connectivity index (χ4n) is 2.07. The number of esters is 1. The Morgan fingerprint density at radius 3 is 2.58 bits per heavy atom. The zero-order valence-electron chi connectivity index (χ0n) is 12.6. The first-order chi connectivity index (χ1) is 8.66. The van der Waals surface area contributed by atoms with Crippen LogP contribution in [0.3, 0.4) is 0 Å². The highest BCUT2D eigenvalue weighted by atomic mass is 16.5. The fourth-order valence-corrected chi connectivity index (χ4v) is 2.07. The van der Waals surface area contributed by atoms with Crippen LogP contribution in [0.25, 0.3) is 0 Å². The second-order valence-electron chi connectivity index (χ2n) is 6.06. The minimum atomic E-state index is -0.720. The maximum atomic E-state index is 11.3. The number of aliphatic hydroxyl groups excluding tert-OH is 1. The van der Waals surface area contributed by atoms with Crippen LogP contribution in [0.4, 0.5) is 0 Å². The van der Waals surface area contributed by atoms with Crippen molar-refractivity contribution in [2.24, 2.45) is 13.0 Å². The molecule has 108 valence electrons. The van der Waals surface area contributed by atoms with E-state index in [1.807, 2.05) is 20.2 Å². The van der Waals surface area contributed by atoms with Gasteiger partial charge >= 0.3 is 5.97 Å². The van der Waals surface area contributed by atoms with Gasteiger partial charge in [-0.2, -0.15) is 5.10 Å². The van der Waals surface area contributed by atoms with Crippen molar-refractivity contribution in [1.82, 2.24) is 9.78 Å². The van der Waals surface area contributed by atoms with Crippen LogP contribution < -0.4 is 0 Å². The number of methoxy groups -OCH3 is 1. The second-order valence-corrected chi connectivity index (χ2v) is 6.06. The van der Waals surface area contributed by atoms with E-state index in [9.17, 15) is 9.90 Å². The molecule has 1 aromatic heterocycles. The number of aromatic nitrogens is 2. The van der Waals surface area contributed by atoms with Crippen LogP contribution in [0.5, 0.6) is 0 Å². The minimum Gasteiger partial charge on any atom is -0.469 e. The van der Waals surface area contributed by atoms with Crippen molar-refractivity contribution in [2.75, 3.05) is 7.11 Å². The van der Waals surface area contributed by atoms with Crippen molar-refractivity contribution in [3.8, 4) is 0 Å². The number of aryl methyl sites for hydroxylation is 1. The van der Waals surface area contributed by atoms with Gasteiger partial charge in [-0.25, -0.2) is 0 Å². The Morgan fingerprint density at radius 1 is 1.53 bits per heavy atom. The van der Waals surface area contributed by atoms with E-state index in [0.29, 0.717) is 0 Å². The Labute approximate surface area is 114 Å². The van der Waals surface area contributed by atoms with Crippen LogP contribution in [-0.2, 0) is 22.0 Å². The summed E-state index contributed by atoms with van der Waals surface area (Å²) in [6, 6.07) is 0. The molecular weight excluding hydrogens is 244 g/mol. The lowest BCUT2D eigenvalue weighted by atomic mass is 9.85. The lowest BCUT2D eigenvalue weighted by molar-refractivity contribution is -0.142. The van der Waals surface area contributed by atoms with Crippen LogP contribution in [0.15, 0.2) is 6.20 Å². The maximum absolute atomic E-state index is 11.3. The molecule has 1 aromatic rings. The number of rotatable bonds is 4. The zero-order chi connectivity index (χ0) is 14.8.